The maximum absolute atomic E-state index is 12.9. The van der Waals surface area contributed by atoms with E-state index in [4.69, 9.17) is 20.9 Å². The molecule has 9 nitrogen and oxygen atoms in total. The first-order valence-corrected chi connectivity index (χ1v) is 11.3. The van der Waals surface area contributed by atoms with Crippen molar-refractivity contribution in [1.82, 2.24) is 10.1 Å². The first-order chi connectivity index (χ1) is 14.9. The van der Waals surface area contributed by atoms with Crippen molar-refractivity contribution in [1.29, 1.82) is 0 Å². The summed E-state index contributed by atoms with van der Waals surface area (Å²) >= 11 is 5.84. The molecule has 0 atom stereocenters. The summed E-state index contributed by atoms with van der Waals surface area (Å²) in [5.41, 5.74) is 1.49. The zero-order valence-electron chi connectivity index (χ0n) is 16.5. The maximum Gasteiger partial charge on any atom is 0.278 e. The first-order valence-electron chi connectivity index (χ1n) is 9.48. The minimum atomic E-state index is -4.06. The zero-order valence-corrected chi connectivity index (χ0v) is 18.1. The van der Waals surface area contributed by atoms with Crippen LogP contribution in [0.3, 0.4) is 0 Å². The Morgan fingerprint density at radius 1 is 1.16 bits per heavy atom. The van der Waals surface area contributed by atoms with Crippen molar-refractivity contribution < 1.29 is 22.5 Å². The lowest BCUT2D eigenvalue weighted by Crippen LogP contribution is -2.18. The van der Waals surface area contributed by atoms with E-state index in [1.54, 1.807) is 12.1 Å². The first kappa shape index (κ1) is 21.1. The number of sulfonamides is 1. The van der Waals surface area contributed by atoms with E-state index in [9.17, 15) is 13.2 Å². The molecule has 11 heteroatoms. The molecule has 4 rings (SSSR count). The number of nitrogens with one attached hydrogen (secondary N) is 2. The van der Waals surface area contributed by atoms with Crippen LogP contribution in [-0.2, 0) is 22.9 Å². The van der Waals surface area contributed by atoms with Crippen LogP contribution in [0.15, 0.2) is 45.9 Å². The van der Waals surface area contributed by atoms with E-state index >= 15 is 0 Å². The van der Waals surface area contributed by atoms with E-state index in [0.29, 0.717) is 17.1 Å². The van der Waals surface area contributed by atoms with Gasteiger partial charge in [-0.25, -0.2) is 13.4 Å². The molecule has 1 aromatic carbocycles. The number of amides is 1. The lowest BCUT2D eigenvalue weighted by Gasteiger charge is -2.13. The van der Waals surface area contributed by atoms with Crippen LogP contribution >= 0.6 is 11.6 Å². The molecule has 1 aliphatic carbocycles. The second-order valence-corrected chi connectivity index (χ2v) is 9.03. The van der Waals surface area contributed by atoms with Crippen molar-refractivity contribution in [2.24, 2.45) is 0 Å². The molecule has 0 radical (unpaired) electrons. The van der Waals surface area contributed by atoms with Crippen LogP contribution in [0, 0.1) is 0 Å². The Balaban J connectivity index is 1.60. The summed E-state index contributed by atoms with van der Waals surface area (Å²) in [6.07, 6.45) is 4.72. The smallest absolute Gasteiger partial charge is 0.278 e. The van der Waals surface area contributed by atoms with Gasteiger partial charge in [-0.1, -0.05) is 16.8 Å². The number of aryl methyl sites for hydroxylation is 1. The fraction of sp³-hybridized carbons (Fsp3) is 0.250. The van der Waals surface area contributed by atoms with Gasteiger partial charge < -0.3 is 14.6 Å². The van der Waals surface area contributed by atoms with Gasteiger partial charge in [0.2, 0.25) is 5.88 Å². The van der Waals surface area contributed by atoms with Gasteiger partial charge in [-0.2, -0.15) is 0 Å². The van der Waals surface area contributed by atoms with E-state index in [2.05, 4.69) is 20.2 Å². The summed E-state index contributed by atoms with van der Waals surface area (Å²) in [5.74, 6) is 0.117. The number of carbonyl (C=O) groups is 1. The van der Waals surface area contributed by atoms with Crippen molar-refractivity contribution in [2.45, 2.75) is 30.6 Å². The molecular weight excluding hydrogens is 444 g/mol. The topological polar surface area (TPSA) is 123 Å². The van der Waals surface area contributed by atoms with Gasteiger partial charge in [0.1, 0.15) is 5.76 Å². The summed E-state index contributed by atoms with van der Waals surface area (Å²) in [7, 11) is -2.75. The Hall–Kier alpha value is -3.11. The van der Waals surface area contributed by atoms with Crippen molar-refractivity contribution in [2.75, 3.05) is 17.1 Å². The van der Waals surface area contributed by atoms with Crippen LogP contribution < -0.4 is 14.8 Å². The van der Waals surface area contributed by atoms with E-state index in [-0.39, 0.29) is 22.2 Å². The third kappa shape index (κ3) is 4.49. The predicted molar refractivity (Wildman–Crippen MR) is 114 cm³/mol. The number of ether oxygens (including phenoxy) is 1. The second kappa shape index (κ2) is 8.56. The fourth-order valence-electron chi connectivity index (χ4n) is 3.33. The molecule has 1 aliphatic rings. The predicted octanol–water partition coefficient (Wildman–Crippen LogP) is 3.66. The van der Waals surface area contributed by atoms with Gasteiger partial charge in [-0.3, -0.25) is 9.52 Å². The quantitative estimate of drug-likeness (QED) is 0.572. The Bertz CT molecular complexity index is 1220. The van der Waals surface area contributed by atoms with E-state index in [0.717, 1.165) is 30.6 Å². The maximum atomic E-state index is 12.9. The van der Waals surface area contributed by atoms with Crippen LogP contribution in [0.4, 0.5) is 11.4 Å². The van der Waals surface area contributed by atoms with Crippen LogP contribution in [-0.4, -0.2) is 31.6 Å². The molecule has 0 fully saturated rings. The molecular formula is C20H19ClN4O5S. The van der Waals surface area contributed by atoms with E-state index < -0.39 is 15.9 Å². The molecule has 0 unspecified atom stereocenters. The number of methoxy groups -OCH3 is 1. The van der Waals surface area contributed by atoms with Gasteiger partial charge in [-0.05, 0) is 49.6 Å². The highest BCUT2D eigenvalue weighted by atomic mass is 35.5. The lowest BCUT2D eigenvalue weighted by atomic mass is 9.96. The average Bonchev–Trinajstić information content (AvgIpc) is 3.19. The average molecular weight is 463 g/mol. The summed E-state index contributed by atoms with van der Waals surface area (Å²) in [4.78, 5) is 16.5. The van der Waals surface area contributed by atoms with Crippen LogP contribution in [0.5, 0.6) is 5.88 Å². The minimum absolute atomic E-state index is 0.113. The molecule has 0 saturated carbocycles. The highest BCUT2D eigenvalue weighted by molar-refractivity contribution is 7.92. The Kier molecular flexibility index (Phi) is 5.84. The molecule has 2 heterocycles. The number of carbonyl (C=O) groups excluding carboxylic acids is 1. The van der Waals surface area contributed by atoms with Gasteiger partial charge in [0, 0.05) is 22.7 Å². The van der Waals surface area contributed by atoms with Crippen molar-refractivity contribution in [3.05, 3.63) is 58.6 Å². The summed E-state index contributed by atoms with van der Waals surface area (Å²) < 4.78 is 38.7. The summed E-state index contributed by atoms with van der Waals surface area (Å²) in [6, 6.07) is 7.45. The highest BCUT2D eigenvalue weighted by Crippen LogP contribution is 2.28. The number of hydrogen-bond donors (Lipinski definition) is 2. The molecule has 2 aromatic heterocycles. The molecule has 2 N–H and O–H groups in total. The lowest BCUT2D eigenvalue weighted by molar-refractivity contribution is 0.101. The normalized spacial score (nSPS) is 13.4. The molecule has 3 aromatic rings. The molecule has 1 amide bonds. The Morgan fingerprint density at radius 3 is 2.65 bits per heavy atom. The number of nitrogens with zero attached hydrogens (tertiary/aromatic N) is 2. The Labute approximate surface area is 183 Å². The molecule has 31 heavy (non-hydrogen) atoms. The molecule has 0 bridgehead atoms. The van der Waals surface area contributed by atoms with Crippen molar-refractivity contribution in [3.63, 3.8) is 0 Å². The summed E-state index contributed by atoms with van der Waals surface area (Å²) in [5, 5.41) is 7.00. The third-order valence-corrected chi connectivity index (χ3v) is 6.45. The van der Waals surface area contributed by atoms with Gasteiger partial charge in [-0.15, -0.1) is 0 Å². The highest BCUT2D eigenvalue weighted by Gasteiger charge is 2.26. The fourth-order valence-corrected chi connectivity index (χ4v) is 4.66. The van der Waals surface area contributed by atoms with Crippen LogP contribution in [0.2, 0.25) is 5.02 Å². The number of benzene rings is 1. The number of aromatic nitrogens is 2. The largest absolute Gasteiger partial charge is 0.480 e. The molecule has 0 aliphatic heterocycles. The van der Waals surface area contributed by atoms with Crippen molar-refractivity contribution >= 4 is 38.9 Å². The molecule has 0 spiro atoms. The number of anilines is 2. The number of hydrogen-bond acceptors (Lipinski definition) is 7. The molecule has 0 saturated heterocycles. The van der Waals surface area contributed by atoms with Gasteiger partial charge in [0.05, 0.1) is 19.0 Å². The molecule has 162 valence electrons. The standard InChI is InChI=1S/C20H19ClN4O5S/c1-29-20-17(31(27,28)25-13-8-6-12(21)7-9-13)10-14(11-22-20)23-19(26)18-15-4-2-3-5-16(15)30-24-18/h6-11,25H,2-5H2,1H3,(H,23,26). The van der Waals surface area contributed by atoms with Crippen molar-refractivity contribution in [3.8, 4) is 5.88 Å². The van der Waals surface area contributed by atoms with Gasteiger partial charge in [0.15, 0.2) is 10.6 Å². The van der Waals surface area contributed by atoms with Crippen LogP contribution in [0.1, 0.15) is 34.7 Å². The number of rotatable bonds is 6. The Morgan fingerprint density at radius 2 is 1.90 bits per heavy atom. The van der Waals surface area contributed by atoms with Gasteiger partial charge >= 0.3 is 0 Å². The van der Waals surface area contributed by atoms with Gasteiger partial charge in [0.25, 0.3) is 15.9 Å². The number of fused-ring (bicyclic) bond motifs is 1. The second-order valence-electron chi connectivity index (χ2n) is 6.94. The third-order valence-electron chi connectivity index (χ3n) is 4.82. The number of pyridine rings is 1. The minimum Gasteiger partial charge on any atom is -0.480 e. The van der Waals surface area contributed by atoms with E-state index in [1.165, 1.54) is 31.5 Å². The SMILES string of the molecule is COc1ncc(NC(=O)c2noc3c2CCCC3)cc1S(=O)(=O)Nc1ccc(Cl)cc1. The number of halogens is 1. The zero-order chi connectivity index (χ0) is 22.0. The van der Waals surface area contributed by atoms with E-state index in [1.807, 2.05) is 0 Å². The summed E-state index contributed by atoms with van der Waals surface area (Å²) in [6.45, 7) is 0. The van der Waals surface area contributed by atoms with Crippen LogP contribution in [0.25, 0.3) is 0 Å². The monoisotopic (exact) mass is 462 g/mol.